The van der Waals surface area contributed by atoms with E-state index in [1.807, 2.05) is 6.92 Å². The molecule has 0 aromatic heterocycles. The van der Waals surface area contributed by atoms with Crippen LogP contribution in [0.15, 0.2) is 48.5 Å². The molecule has 0 bridgehead atoms. The van der Waals surface area contributed by atoms with E-state index in [4.69, 9.17) is 28.6 Å². The topological polar surface area (TPSA) is 50.4 Å². The highest BCUT2D eigenvalue weighted by atomic mass is 35.5. The Morgan fingerprint density at radius 2 is 1.77 bits per heavy atom. The molecule has 0 aliphatic carbocycles. The molecular weight excluding hydrogens is 320 g/mol. The lowest BCUT2D eigenvalue weighted by molar-refractivity contribution is 0.0977. The predicted molar refractivity (Wildman–Crippen MR) is 92.7 cm³/mol. The van der Waals surface area contributed by atoms with E-state index in [9.17, 15) is 4.79 Å². The molecule has 0 radical (unpaired) electrons. The minimum Gasteiger partial charge on any atom is -0.494 e. The zero-order chi connectivity index (χ0) is 15.9. The smallest absolute Gasteiger partial charge is 0.257 e. The number of nitrogens with one attached hydrogen (secondary N) is 2. The van der Waals surface area contributed by atoms with Gasteiger partial charge in [0.05, 0.1) is 6.61 Å². The van der Waals surface area contributed by atoms with Crippen LogP contribution in [-0.2, 0) is 0 Å². The highest BCUT2D eigenvalue weighted by Gasteiger charge is 2.08. The number of ether oxygens (including phenoxy) is 1. The zero-order valence-electron chi connectivity index (χ0n) is 11.9. The van der Waals surface area contributed by atoms with Crippen LogP contribution in [0, 0.1) is 0 Å². The first-order chi connectivity index (χ1) is 10.6. The van der Waals surface area contributed by atoms with Crippen molar-refractivity contribution in [3.63, 3.8) is 0 Å². The molecule has 1 amide bonds. The Hall–Kier alpha value is -2.11. The van der Waals surface area contributed by atoms with Crippen LogP contribution in [0.3, 0.4) is 0 Å². The fourth-order valence-corrected chi connectivity index (χ4v) is 2.08. The zero-order valence-corrected chi connectivity index (χ0v) is 13.5. The van der Waals surface area contributed by atoms with Gasteiger partial charge in [0.25, 0.3) is 5.91 Å². The van der Waals surface area contributed by atoms with Crippen molar-refractivity contribution < 1.29 is 9.53 Å². The third-order valence-electron chi connectivity index (χ3n) is 2.76. The number of thiocarbonyl (C=S) groups is 1. The average Bonchev–Trinajstić information content (AvgIpc) is 2.50. The van der Waals surface area contributed by atoms with Crippen LogP contribution in [0.4, 0.5) is 5.69 Å². The van der Waals surface area contributed by atoms with Crippen molar-refractivity contribution >= 4 is 40.5 Å². The first kappa shape index (κ1) is 16.3. The Morgan fingerprint density at radius 3 is 2.36 bits per heavy atom. The Labute approximate surface area is 139 Å². The van der Waals surface area contributed by atoms with Crippen molar-refractivity contribution in [2.24, 2.45) is 0 Å². The van der Waals surface area contributed by atoms with Gasteiger partial charge in [-0.25, -0.2) is 0 Å². The van der Waals surface area contributed by atoms with Gasteiger partial charge in [-0.15, -0.1) is 0 Å². The van der Waals surface area contributed by atoms with Crippen LogP contribution < -0.4 is 15.4 Å². The lowest BCUT2D eigenvalue weighted by atomic mass is 10.2. The van der Waals surface area contributed by atoms with E-state index in [-0.39, 0.29) is 11.0 Å². The van der Waals surface area contributed by atoms with E-state index in [1.54, 1.807) is 48.5 Å². The third-order valence-corrected chi connectivity index (χ3v) is 3.21. The summed E-state index contributed by atoms with van der Waals surface area (Å²) in [6.45, 7) is 2.49. The summed E-state index contributed by atoms with van der Waals surface area (Å²) in [4.78, 5) is 12.1. The van der Waals surface area contributed by atoms with Gasteiger partial charge in [0.1, 0.15) is 5.75 Å². The Morgan fingerprint density at radius 1 is 1.14 bits per heavy atom. The molecule has 0 aliphatic heterocycles. The van der Waals surface area contributed by atoms with Crippen LogP contribution in [0.1, 0.15) is 17.3 Å². The minimum atomic E-state index is -0.283. The molecule has 0 saturated heterocycles. The van der Waals surface area contributed by atoms with Gasteiger partial charge in [-0.1, -0.05) is 11.6 Å². The largest absolute Gasteiger partial charge is 0.494 e. The van der Waals surface area contributed by atoms with Crippen LogP contribution >= 0.6 is 23.8 Å². The van der Waals surface area contributed by atoms with Gasteiger partial charge >= 0.3 is 0 Å². The molecule has 22 heavy (non-hydrogen) atoms. The SMILES string of the molecule is CCOc1ccc(C(=O)NC(=S)Nc2ccc(Cl)cc2)cc1. The maximum absolute atomic E-state index is 12.1. The van der Waals surface area contributed by atoms with Crippen molar-refractivity contribution in [1.82, 2.24) is 5.32 Å². The molecule has 2 aromatic rings. The first-order valence-electron chi connectivity index (χ1n) is 6.69. The fourth-order valence-electron chi connectivity index (χ4n) is 1.74. The second kappa shape index (κ2) is 7.77. The molecule has 0 heterocycles. The standard InChI is InChI=1S/C16H15ClN2O2S/c1-2-21-14-9-3-11(4-10-14)15(20)19-16(22)18-13-7-5-12(17)6-8-13/h3-10H,2H2,1H3,(H2,18,19,20,22). The fraction of sp³-hybridized carbons (Fsp3) is 0.125. The second-order valence-corrected chi connectivity index (χ2v) is 5.22. The normalized spacial score (nSPS) is 9.91. The van der Waals surface area contributed by atoms with Gasteiger partial charge in [0, 0.05) is 16.3 Å². The lowest BCUT2D eigenvalue weighted by Crippen LogP contribution is -2.34. The van der Waals surface area contributed by atoms with E-state index in [1.165, 1.54) is 0 Å². The van der Waals surface area contributed by atoms with Gasteiger partial charge in [-0.05, 0) is 67.7 Å². The molecule has 6 heteroatoms. The summed E-state index contributed by atoms with van der Waals surface area (Å²) in [5.41, 5.74) is 1.25. The third kappa shape index (κ3) is 4.72. The molecular formula is C16H15ClN2O2S. The highest BCUT2D eigenvalue weighted by Crippen LogP contribution is 2.14. The van der Waals surface area contributed by atoms with Crippen molar-refractivity contribution in [3.8, 4) is 5.75 Å². The van der Waals surface area contributed by atoms with Crippen molar-refractivity contribution in [2.75, 3.05) is 11.9 Å². The molecule has 0 unspecified atom stereocenters. The number of hydrogen-bond donors (Lipinski definition) is 2. The number of carbonyl (C=O) groups is 1. The lowest BCUT2D eigenvalue weighted by Gasteiger charge is -2.10. The molecule has 2 rings (SSSR count). The second-order valence-electron chi connectivity index (χ2n) is 4.37. The number of halogens is 1. The number of rotatable bonds is 4. The number of benzene rings is 2. The monoisotopic (exact) mass is 334 g/mol. The minimum absolute atomic E-state index is 0.223. The summed E-state index contributed by atoms with van der Waals surface area (Å²) in [5, 5.41) is 6.39. The Kier molecular flexibility index (Phi) is 5.75. The molecule has 2 N–H and O–H groups in total. The number of hydrogen-bond acceptors (Lipinski definition) is 3. The van der Waals surface area contributed by atoms with Crippen molar-refractivity contribution in [1.29, 1.82) is 0 Å². The van der Waals surface area contributed by atoms with Crippen LogP contribution in [-0.4, -0.2) is 17.6 Å². The van der Waals surface area contributed by atoms with E-state index in [2.05, 4.69) is 10.6 Å². The van der Waals surface area contributed by atoms with Gasteiger partial charge in [-0.3, -0.25) is 10.1 Å². The molecule has 0 atom stereocenters. The predicted octanol–water partition coefficient (Wildman–Crippen LogP) is 3.87. The first-order valence-corrected chi connectivity index (χ1v) is 7.48. The van der Waals surface area contributed by atoms with E-state index in [0.717, 1.165) is 11.4 Å². The molecule has 0 fully saturated rings. The van der Waals surface area contributed by atoms with Crippen LogP contribution in [0.5, 0.6) is 5.75 Å². The summed E-state index contributed by atoms with van der Waals surface area (Å²) < 4.78 is 5.33. The molecule has 4 nitrogen and oxygen atoms in total. The average molecular weight is 335 g/mol. The van der Waals surface area contributed by atoms with Crippen LogP contribution in [0.25, 0.3) is 0 Å². The number of carbonyl (C=O) groups excluding carboxylic acids is 1. The van der Waals surface area contributed by atoms with Crippen molar-refractivity contribution in [2.45, 2.75) is 6.92 Å². The number of amides is 1. The summed E-state index contributed by atoms with van der Waals surface area (Å²) in [7, 11) is 0. The van der Waals surface area contributed by atoms with Crippen LogP contribution in [0.2, 0.25) is 5.02 Å². The van der Waals surface area contributed by atoms with Gasteiger partial charge in [-0.2, -0.15) is 0 Å². The summed E-state index contributed by atoms with van der Waals surface area (Å²) in [6, 6.07) is 13.9. The Balaban J connectivity index is 1.93. The van der Waals surface area contributed by atoms with Gasteiger partial charge < -0.3 is 10.1 Å². The van der Waals surface area contributed by atoms with E-state index >= 15 is 0 Å². The Bertz CT molecular complexity index is 657. The molecule has 114 valence electrons. The summed E-state index contributed by atoms with van der Waals surface area (Å²) in [6.07, 6.45) is 0. The molecule has 0 saturated carbocycles. The molecule has 2 aromatic carbocycles. The summed E-state index contributed by atoms with van der Waals surface area (Å²) in [5.74, 6) is 0.440. The highest BCUT2D eigenvalue weighted by molar-refractivity contribution is 7.80. The maximum atomic E-state index is 12.1. The van der Waals surface area contributed by atoms with Crippen molar-refractivity contribution in [3.05, 3.63) is 59.1 Å². The number of anilines is 1. The van der Waals surface area contributed by atoms with E-state index in [0.29, 0.717) is 17.2 Å². The maximum Gasteiger partial charge on any atom is 0.257 e. The molecule has 0 spiro atoms. The van der Waals surface area contributed by atoms with E-state index < -0.39 is 0 Å². The summed E-state index contributed by atoms with van der Waals surface area (Å²) >= 11 is 10.9. The molecule has 0 aliphatic rings. The quantitative estimate of drug-likeness (QED) is 0.833. The van der Waals surface area contributed by atoms with Gasteiger partial charge in [0.2, 0.25) is 0 Å². The van der Waals surface area contributed by atoms with Gasteiger partial charge in [0.15, 0.2) is 5.11 Å².